The Labute approximate surface area is 194 Å². The van der Waals surface area contributed by atoms with Gasteiger partial charge in [-0.05, 0) is 37.5 Å². The molecule has 1 aliphatic rings. The molecule has 158 valence electrons. The van der Waals surface area contributed by atoms with Crippen molar-refractivity contribution in [1.29, 1.82) is 0 Å². The van der Waals surface area contributed by atoms with Crippen molar-refractivity contribution in [2.45, 2.75) is 46.1 Å². The molecule has 1 fully saturated rings. The molecule has 3 rings (SSSR count). The van der Waals surface area contributed by atoms with Crippen molar-refractivity contribution in [3.8, 4) is 0 Å². The highest BCUT2D eigenvalue weighted by Crippen LogP contribution is 2.21. The summed E-state index contributed by atoms with van der Waals surface area (Å²) in [5.41, 5.74) is 2.11. The lowest BCUT2D eigenvalue weighted by Gasteiger charge is -2.15. The number of nitrogens with one attached hydrogen (secondary N) is 2. The van der Waals surface area contributed by atoms with Crippen molar-refractivity contribution in [2.75, 3.05) is 24.5 Å². The Morgan fingerprint density at radius 2 is 2.03 bits per heavy atom. The predicted molar refractivity (Wildman–Crippen MR) is 131 cm³/mol. The van der Waals surface area contributed by atoms with Crippen molar-refractivity contribution in [2.24, 2.45) is 4.99 Å². The molecule has 2 aromatic rings. The summed E-state index contributed by atoms with van der Waals surface area (Å²) >= 11 is 1.78. The largest absolute Gasteiger partial charge is 0.357 e. The molecule has 2 heterocycles. The first-order valence-electron chi connectivity index (χ1n) is 10.0. The zero-order valence-electron chi connectivity index (χ0n) is 17.1. The van der Waals surface area contributed by atoms with E-state index in [4.69, 9.17) is 0 Å². The van der Waals surface area contributed by atoms with Crippen LogP contribution in [-0.2, 0) is 24.2 Å². The molecule has 8 heteroatoms. The summed E-state index contributed by atoms with van der Waals surface area (Å²) in [5.74, 6) is 1.03. The van der Waals surface area contributed by atoms with Crippen molar-refractivity contribution in [3.63, 3.8) is 0 Å². The molecular formula is C21H30IN5OS. The number of hydrogen-bond donors (Lipinski definition) is 2. The standard InChI is InChI=1S/C21H29N5OS.HI/c1-3-18-15-24-19(28-18)11-12-23-21(22-4-2)25-14-16-7-9-17(10-8-16)26-13-5-6-20(26)27;/h7-10,15H,3-6,11-14H2,1-2H3,(H2,22,23,25);1H. The smallest absolute Gasteiger partial charge is 0.227 e. The van der Waals surface area contributed by atoms with E-state index in [9.17, 15) is 4.79 Å². The minimum atomic E-state index is 0. The van der Waals surface area contributed by atoms with Gasteiger partial charge in [0.15, 0.2) is 5.96 Å². The van der Waals surface area contributed by atoms with Crippen molar-refractivity contribution >= 4 is 52.9 Å². The Morgan fingerprint density at radius 3 is 2.66 bits per heavy atom. The Balaban J connectivity index is 0.00000300. The van der Waals surface area contributed by atoms with E-state index in [1.165, 1.54) is 4.88 Å². The van der Waals surface area contributed by atoms with Crippen LogP contribution in [0.25, 0.3) is 0 Å². The third-order valence-corrected chi connectivity index (χ3v) is 5.87. The van der Waals surface area contributed by atoms with Crippen LogP contribution in [0, 0.1) is 0 Å². The fourth-order valence-electron chi connectivity index (χ4n) is 3.13. The van der Waals surface area contributed by atoms with Gasteiger partial charge in [-0.25, -0.2) is 9.98 Å². The van der Waals surface area contributed by atoms with E-state index in [0.29, 0.717) is 13.0 Å². The number of anilines is 1. The normalized spacial score (nSPS) is 14.1. The molecule has 0 atom stereocenters. The molecule has 6 nitrogen and oxygen atoms in total. The monoisotopic (exact) mass is 527 g/mol. The number of guanidine groups is 1. The van der Waals surface area contributed by atoms with Crippen LogP contribution >= 0.6 is 35.3 Å². The van der Waals surface area contributed by atoms with E-state index in [-0.39, 0.29) is 29.9 Å². The van der Waals surface area contributed by atoms with Gasteiger partial charge in [-0.1, -0.05) is 19.1 Å². The maximum absolute atomic E-state index is 11.9. The lowest BCUT2D eigenvalue weighted by atomic mass is 10.2. The lowest BCUT2D eigenvalue weighted by molar-refractivity contribution is -0.117. The molecule has 0 radical (unpaired) electrons. The summed E-state index contributed by atoms with van der Waals surface area (Å²) in [6, 6.07) is 8.14. The van der Waals surface area contributed by atoms with Gasteiger partial charge >= 0.3 is 0 Å². The van der Waals surface area contributed by atoms with Gasteiger partial charge in [0.25, 0.3) is 0 Å². The number of rotatable bonds is 8. The number of halogens is 1. The number of amides is 1. The minimum Gasteiger partial charge on any atom is -0.357 e. The van der Waals surface area contributed by atoms with Crippen LogP contribution in [-0.4, -0.2) is 36.5 Å². The lowest BCUT2D eigenvalue weighted by Crippen LogP contribution is -2.38. The third-order valence-electron chi connectivity index (χ3n) is 4.67. The predicted octanol–water partition coefficient (Wildman–Crippen LogP) is 3.75. The average Bonchev–Trinajstić information content (AvgIpc) is 3.35. The van der Waals surface area contributed by atoms with E-state index in [0.717, 1.165) is 61.1 Å². The van der Waals surface area contributed by atoms with Gasteiger partial charge in [0, 0.05) is 49.2 Å². The Kier molecular flexibility index (Phi) is 9.86. The second-order valence-corrected chi connectivity index (χ2v) is 7.96. The fraction of sp³-hybridized carbons (Fsp3) is 0.476. The highest BCUT2D eigenvalue weighted by molar-refractivity contribution is 14.0. The van der Waals surface area contributed by atoms with Gasteiger partial charge in [-0.15, -0.1) is 35.3 Å². The van der Waals surface area contributed by atoms with E-state index in [2.05, 4.69) is 46.6 Å². The molecule has 29 heavy (non-hydrogen) atoms. The van der Waals surface area contributed by atoms with Gasteiger partial charge in [-0.2, -0.15) is 0 Å². The Bertz CT molecular complexity index is 806. The number of aromatic nitrogens is 1. The quantitative estimate of drug-likeness (QED) is 0.312. The maximum Gasteiger partial charge on any atom is 0.227 e. The highest BCUT2D eigenvalue weighted by Gasteiger charge is 2.21. The first-order valence-corrected chi connectivity index (χ1v) is 10.9. The Hall–Kier alpha value is -1.68. The molecule has 0 bridgehead atoms. The molecule has 1 aromatic carbocycles. The summed E-state index contributed by atoms with van der Waals surface area (Å²) in [6.45, 7) is 7.26. The van der Waals surface area contributed by atoms with Crippen molar-refractivity contribution in [1.82, 2.24) is 15.6 Å². The first kappa shape index (κ1) is 23.6. The van der Waals surface area contributed by atoms with Crippen LogP contribution < -0.4 is 15.5 Å². The summed E-state index contributed by atoms with van der Waals surface area (Å²) in [4.78, 5) is 24.2. The number of hydrogen-bond acceptors (Lipinski definition) is 4. The fourth-order valence-corrected chi connectivity index (χ4v) is 3.99. The van der Waals surface area contributed by atoms with Gasteiger partial charge in [0.2, 0.25) is 5.91 Å². The van der Waals surface area contributed by atoms with Gasteiger partial charge in [0.05, 0.1) is 11.6 Å². The molecule has 1 aliphatic heterocycles. The maximum atomic E-state index is 11.9. The first-order chi connectivity index (χ1) is 13.7. The van der Waals surface area contributed by atoms with Crippen LogP contribution in [0.1, 0.15) is 42.1 Å². The zero-order valence-corrected chi connectivity index (χ0v) is 20.3. The molecule has 1 aromatic heterocycles. The number of aryl methyl sites for hydroxylation is 1. The second kappa shape index (κ2) is 12.1. The number of aliphatic imine (C=N–C) groups is 1. The number of carbonyl (C=O) groups is 1. The SMILES string of the molecule is CCNC(=NCc1ccc(N2CCCC2=O)cc1)NCCc1ncc(CC)s1.I. The number of carbonyl (C=O) groups excluding carboxylic acids is 1. The molecule has 0 saturated carbocycles. The molecule has 0 unspecified atom stereocenters. The molecule has 1 amide bonds. The number of thiazole rings is 1. The van der Waals surface area contributed by atoms with Gasteiger partial charge in [0.1, 0.15) is 0 Å². The Morgan fingerprint density at radius 1 is 1.24 bits per heavy atom. The van der Waals surface area contributed by atoms with Crippen molar-refractivity contribution in [3.05, 3.63) is 45.9 Å². The van der Waals surface area contributed by atoms with E-state index < -0.39 is 0 Å². The van der Waals surface area contributed by atoms with Crippen molar-refractivity contribution < 1.29 is 4.79 Å². The molecule has 0 aliphatic carbocycles. The summed E-state index contributed by atoms with van der Waals surface area (Å²) in [7, 11) is 0. The molecule has 1 saturated heterocycles. The van der Waals surface area contributed by atoms with Crippen LogP contribution in [0.2, 0.25) is 0 Å². The zero-order chi connectivity index (χ0) is 19.8. The summed E-state index contributed by atoms with van der Waals surface area (Å²) in [6.07, 6.45) is 5.51. The topological polar surface area (TPSA) is 69.6 Å². The average molecular weight is 527 g/mol. The highest BCUT2D eigenvalue weighted by atomic mass is 127. The van der Waals surface area contributed by atoms with Crippen LogP contribution in [0.15, 0.2) is 35.5 Å². The van der Waals surface area contributed by atoms with E-state index in [1.54, 1.807) is 11.3 Å². The third kappa shape index (κ3) is 6.95. The van der Waals surface area contributed by atoms with E-state index >= 15 is 0 Å². The molecule has 0 spiro atoms. The summed E-state index contributed by atoms with van der Waals surface area (Å²) < 4.78 is 0. The van der Waals surface area contributed by atoms with Crippen LogP contribution in [0.5, 0.6) is 0 Å². The number of benzene rings is 1. The van der Waals surface area contributed by atoms with Gasteiger partial charge < -0.3 is 15.5 Å². The molecule has 2 N–H and O–H groups in total. The van der Waals surface area contributed by atoms with Crippen LogP contribution in [0.4, 0.5) is 5.69 Å². The number of nitrogens with zero attached hydrogens (tertiary/aromatic N) is 3. The van der Waals surface area contributed by atoms with E-state index in [1.807, 2.05) is 23.2 Å². The van der Waals surface area contributed by atoms with Crippen LogP contribution in [0.3, 0.4) is 0 Å². The molecular weight excluding hydrogens is 497 g/mol. The summed E-state index contributed by atoms with van der Waals surface area (Å²) in [5, 5.41) is 7.83. The second-order valence-electron chi connectivity index (χ2n) is 6.76. The van der Waals surface area contributed by atoms with Gasteiger partial charge in [-0.3, -0.25) is 4.79 Å². The minimum absolute atomic E-state index is 0.